The molecule has 6 nitrogen and oxygen atoms in total. The van der Waals surface area contributed by atoms with Crippen molar-refractivity contribution in [2.75, 3.05) is 14.2 Å². The molecule has 1 aliphatic heterocycles. The Labute approximate surface area is 125 Å². The van der Waals surface area contributed by atoms with E-state index in [0.717, 1.165) is 0 Å². The van der Waals surface area contributed by atoms with Crippen LogP contribution >= 0.6 is 0 Å². The number of hydrogen-bond acceptors (Lipinski definition) is 5. The molecule has 2 heterocycles. The van der Waals surface area contributed by atoms with Gasteiger partial charge < -0.3 is 19.4 Å². The molecule has 0 aromatic carbocycles. The Balaban J connectivity index is 2.41. The van der Waals surface area contributed by atoms with Crippen LogP contribution in [0.15, 0.2) is 12.3 Å². The SMILES string of the molecule is CNC(=O)c1cc(B2OC(C)(C)C(C)(C)O2)c(OC)cn1. The van der Waals surface area contributed by atoms with Crippen molar-refractivity contribution in [3.8, 4) is 5.75 Å². The minimum absolute atomic E-state index is 0.268. The molecule has 21 heavy (non-hydrogen) atoms. The van der Waals surface area contributed by atoms with Gasteiger partial charge in [-0.1, -0.05) is 0 Å². The number of ether oxygens (including phenoxy) is 1. The van der Waals surface area contributed by atoms with Crippen molar-refractivity contribution in [1.29, 1.82) is 0 Å². The van der Waals surface area contributed by atoms with Crippen LogP contribution in [0.3, 0.4) is 0 Å². The molecule has 0 unspecified atom stereocenters. The number of nitrogens with one attached hydrogen (secondary N) is 1. The summed E-state index contributed by atoms with van der Waals surface area (Å²) < 4.78 is 17.3. The van der Waals surface area contributed by atoms with Gasteiger partial charge in [0.25, 0.3) is 5.91 Å². The Kier molecular flexibility index (Phi) is 3.99. The van der Waals surface area contributed by atoms with Gasteiger partial charge in [-0.15, -0.1) is 0 Å². The Bertz CT molecular complexity index is 544. The average molecular weight is 292 g/mol. The van der Waals surface area contributed by atoms with Crippen LogP contribution in [0.25, 0.3) is 0 Å². The van der Waals surface area contributed by atoms with Gasteiger partial charge in [0.05, 0.1) is 24.5 Å². The fourth-order valence-corrected chi connectivity index (χ4v) is 2.04. The lowest BCUT2D eigenvalue weighted by Crippen LogP contribution is -2.41. The summed E-state index contributed by atoms with van der Waals surface area (Å²) in [7, 11) is 2.50. The number of hydrogen-bond donors (Lipinski definition) is 1. The Hall–Kier alpha value is -1.60. The standard InChI is InChI=1S/C14H21BN2O4/c1-13(2)14(3,4)21-15(20-13)9-7-10(12(18)16-5)17-8-11(9)19-6/h7-8H,1-6H3,(H,16,18). The first kappa shape index (κ1) is 15.8. The molecule has 1 N–H and O–H groups in total. The minimum Gasteiger partial charge on any atom is -0.496 e. The lowest BCUT2D eigenvalue weighted by atomic mass is 9.78. The van der Waals surface area contributed by atoms with Crippen molar-refractivity contribution in [2.45, 2.75) is 38.9 Å². The van der Waals surface area contributed by atoms with Crippen LogP contribution in [0.5, 0.6) is 5.75 Å². The molecule has 7 heteroatoms. The summed E-state index contributed by atoms with van der Waals surface area (Å²) in [5, 5.41) is 2.55. The van der Waals surface area contributed by atoms with E-state index in [4.69, 9.17) is 14.0 Å². The van der Waals surface area contributed by atoms with E-state index in [1.54, 1.807) is 20.2 Å². The zero-order chi connectivity index (χ0) is 15.8. The number of pyridine rings is 1. The third kappa shape index (κ3) is 2.75. The lowest BCUT2D eigenvalue weighted by Gasteiger charge is -2.32. The zero-order valence-electron chi connectivity index (χ0n) is 13.3. The second kappa shape index (κ2) is 5.31. The summed E-state index contributed by atoms with van der Waals surface area (Å²) in [6.45, 7) is 7.89. The molecule has 1 saturated heterocycles. The van der Waals surface area contributed by atoms with E-state index in [2.05, 4.69) is 10.3 Å². The molecule has 0 aliphatic carbocycles. The summed E-state index contributed by atoms with van der Waals surface area (Å²) in [6.07, 6.45) is 1.50. The van der Waals surface area contributed by atoms with Crippen LogP contribution in [0.2, 0.25) is 0 Å². The van der Waals surface area contributed by atoms with Crippen LogP contribution < -0.4 is 15.5 Å². The highest BCUT2D eigenvalue weighted by molar-refractivity contribution is 6.63. The second-order valence-corrected chi connectivity index (χ2v) is 5.98. The predicted octanol–water partition coefficient (Wildman–Crippen LogP) is 0.749. The molecule has 1 fully saturated rings. The number of carbonyl (C=O) groups excluding carboxylic acids is 1. The topological polar surface area (TPSA) is 69.7 Å². The van der Waals surface area contributed by atoms with Gasteiger partial charge in [-0.2, -0.15) is 0 Å². The molecule has 2 rings (SSSR count). The monoisotopic (exact) mass is 292 g/mol. The Morgan fingerprint density at radius 3 is 2.33 bits per heavy atom. The molecular weight excluding hydrogens is 271 g/mol. The van der Waals surface area contributed by atoms with Crippen LogP contribution in [0.4, 0.5) is 0 Å². The van der Waals surface area contributed by atoms with Crippen molar-refractivity contribution in [2.24, 2.45) is 0 Å². The number of carbonyl (C=O) groups is 1. The normalized spacial score (nSPS) is 19.4. The van der Waals surface area contributed by atoms with E-state index in [-0.39, 0.29) is 5.91 Å². The van der Waals surface area contributed by atoms with Gasteiger partial charge in [-0.25, -0.2) is 4.98 Å². The number of methoxy groups -OCH3 is 1. The molecule has 114 valence electrons. The molecule has 1 aromatic heterocycles. The highest BCUT2D eigenvalue weighted by atomic mass is 16.7. The van der Waals surface area contributed by atoms with Gasteiger partial charge in [-0.3, -0.25) is 4.79 Å². The number of aromatic nitrogens is 1. The first-order chi connectivity index (χ1) is 9.71. The van der Waals surface area contributed by atoms with Crippen LogP contribution in [0, 0.1) is 0 Å². The molecule has 1 amide bonds. The van der Waals surface area contributed by atoms with Gasteiger partial charge in [0.2, 0.25) is 0 Å². The summed E-state index contributed by atoms with van der Waals surface area (Å²) in [5.74, 6) is 0.261. The molecule has 0 radical (unpaired) electrons. The molecule has 1 aromatic rings. The van der Waals surface area contributed by atoms with E-state index >= 15 is 0 Å². The molecular formula is C14H21BN2O4. The maximum absolute atomic E-state index is 11.7. The summed E-state index contributed by atoms with van der Waals surface area (Å²) in [4.78, 5) is 15.8. The Morgan fingerprint density at radius 1 is 1.29 bits per heavy atom. The third-order valence-corrected chi connectivity index (χ3v) is 4.08. The maximum Gasteiger partial charge on any atom is 0.498 e. The molecule has 0 atom stereocenters. The van der Waals surface area contributed by atoms with Crippen LogP contribution in [-0.4, -0.2) is 43.4 Å². The van der Waals surface area contributed by atoms with E-state index in [9.17, 15) is 4.79 Å². The molecule has 0 spiro atoms. The molecule has 0 saturated carbocycles. The van der Waals surface area contributed by atoms with Crippen molar-refractivity contribution in [3.05, 3.63) is 18.0 Å². The Morgan fingerprint density at radius 2 is 1.86 bits per heavy atom. The van der Waals surface area contributed by atoms with E-state index < -0.39 is 18.3 Å². The van der Waals surface area contributed by atoms with E-state index in [1.165, 1.54) is 6.20 Å². The van der Waals surface area contributed by atoms with Crippen molar-refractivity contribution in [3.63, 3.8) is 0 Å². The van der Waals surface area contributed by atoms with Crippen molar-refractivity contribution in [1.82, 2.24) is 10.3 Å². The summed E-state index contributed by atoms with van der Waals surface area (Å²) >= 11 is 0. The van der Waals surface area contributed by atoms with Crippen molar-refractivity contribution < 1.29 is 18.8 Å². The molecule has 0 bridgehead atoms. The number of amides is 1. The second-order valence-electron chi connectivity index (χ2n) is 5.98. The van der Waals surface area contributed by atoms with Gasteiger partial charge in [0, 0.05) is 12.5 Å². The number of nitrogens with zero attached hydrogens (tertiary/aromatic N) is 1. The van der Waals surface area contributed by atoms with Gasteiger partial charge in [0.1, 0.15) is 11.4 Å². The average Bonchev–Trinajstić information content (AvgIpc) is 2.65. The fraction of sp³-hybridized carbons (Fsp3) is 0.571. The van der Waals surface area contributed by atoms with Crippen LogP contribution in [-0.2, 0) is 9.31 Å². The maximum atomic E-state index is 11.7. The van der Waals surface area contributed by atoms with Crippen LogP contribution in [0.1, 0.15) is 38.2 Å². The summed E-state index contributed by atoms with van der Waals surface area (Å²) in [6, 6.07) is 1.64. The first-order valence-corrected chi connectivity index (χ1v) is 6.83. The third-order valence-electron chi connectivity index (χ3n) is 4.08. The first-order valence-electron chi connectivity index (χ1n) is 6.83. The van der Waals surface area contributed by atoms with E-state index in [1.807, 2.05) is 27.7 Å². The smallest absolute Gasteiger partial charge is 0.496 e. The number of rotatable bonds is 3. The highest BCUT2D eigenvalue weighted by Crippen LogP contribution is 2.37. The largest absolute Gasteiger partial charge is 0.498 e. The van der Waals surface area contributed by atoms with Gasteiger partial charge in [-0.05, 0) is 33.8 Å². The fourth-order valence-electron chi connectivity index (χ4n) is 2.04. The highest BCUT2D eigenvalue weighted by Gasteiger charge is 2.52. The predicted molar refractivity (Wildman–Crippen MR) is 79.9 cm³/mol. The zero-order valence-corrected chi connectivity index (χ0v) is 13.3. The quantitative estimate of drug-likeness (QED) is 0.832. The van der Waals surface area contributed by atoms with E-state index in [0.29, 0.717) is 16.9 Å². The van der Waals surface area contributed by atoms with Gasteiger partial charge >= 0.3 is 7.12 Å². The molecule has 1 aliphatic rings. The summed E-state index contributed by atoms with van der Waals surface area (Å²) in [5.41, 5.74) is 0.0332. The minimum atomic E-state index is -0.601. The van der Waals surface area contributed by atoms with Crippen molar-refractivity contribution >= 4 is 18.5 Å². The lowest BCUT2D eigenvalue weighted by molar-refractivity contribution is 0.00578. The van der Waals surface area contributed by atoms with Gasteiger partial charge in [0.15, 0.2) is 0 Å².